The van der Waals surface area contributed by atoms with E-state index < -0.39 is 28.9 Å². The van der Waals surface area contributed by atoms with Crippen LogP contribution >= 0.6 is 19.4 Å². The summed E-state index contributed by atoms with van der Waals surface area (Å²) in [5.74, 6) is -0.494. The molecule has 2 rings (SSSR count). The lowest BCUT2D eigenvalue weighted by Gasteiger charge is -2.22. The Balaban J connectivity index is 2.66. The lowest BCUT2D eigenvalue weighted by molar-refractivity contribution is -0.119. The van der Waals surface area contributed by atoms with Crippen molar-refractivity contribution in [1.82, 2.24) is 10.1 Å². The highest BCUT2D eigenvalue weighted by Crippen LogP contribution is 2.41. The number of nitrogens with one attached hydrogen (secondary N) is 1. The molecule has 35 heavy (non-hydrogen) atoms. The van der Waals surface area contributed by atoms with Crippen molar-refractivity contribution in [3.05, 3.63) is 46.5 Å². The maximum Gasteiger partial charge on any atom is 0.306 e. The average molecular weight is 538 g/mol. The molecule has 1 heterocycles. The van der Waals surface area contributed by atoms with E-state index >= 15 is 0 Å². The lowest BCUT2D eigenvalue weighted by Crippen LogP contribution is -2.31. The number of amides is 1. The highest BCUT2D eigenvalue weighted by molar-refractivity contribution is 8.00. The van der Waals surface area contributed by atoms with Crippen molar-refractivity contribution in [3.63, 3.8) is 0 Å². The molecule has 12 nitrogen and oxygen atoms in total. The van der Waals surface area contributed by atoms with Crippen molar-refractivity contribution in [1.29, 1.82) is 10.5 Å². The molecule has 5 N–H and O–H groups in total. The van der Waals surface area contributed by atoms with E-state index in [1.807, 2.05) is 0 Å². The van der Waals surface area contributed by atoms with Crippen LogP contribution in [0.2, 0.25) is 0 Å². The predicted octanol–water partition coefficient (Wildman–Crippen LogP) is 1.77. The number of nitriles is 2. The molecular weight excluding hydrogens is 513 g/mol. The van der Waals surface area contributed by atoms with E-state index in [-0.39, 0.29) is 21.9 Å². The Morgan fingerprint density at radius 1 is 1.23 bits per heavy atom. The molecule has 0 aliphatic heterocycles. The number of anilines is 1. The number of pyridine rings is 1. The molecule has 15 heteroatoms. The van der Waals surface area contributed by atoms with E-state index in [0.717, 1.165) is 18.0 Å². The van der Waals surface area contributed by atoms with E-state index in [9.17, 15) is 28.3 Å². The van der Waals surface area contributed by atoms with Crippen LogP contribution in [0.15, 0.2) is 29.3 Å². The second-order valence-corrected chi connectivity index (χ2v) is 11.8. The first-order chi connectivity index (χ1) is 16.2. The van der Waals surface area contributed by atoms with Gasteiger partial charge in [0.05, 0.1) is 17.4 Å². The largest absolute Gasteiger partial charge is 0.383 e. The number of carbonyl (C=O) groups excluding carboxylic acids is 1. The van der Waals surface area contributed by atoms with E-state index in [1.165, 1.54) is 24.3 Å². The molecule has 0 aliphatic carbocycles. The van der Waals surface area contributed by atoms with Crippen LogP contribution in [-0.2, 0) is 25.9 Å². The normalized spacial score (nSPS) is 12.2. The second-order valence-electron chi connectivity index (χ2n) is 7.48. The van der Waals surface area contributed by atoms with Crippen LogP contribution in [-0.4, -0.2) is 39.7 Å². The van der Waals surface area contributed by atoms with Crippen LogP contribution in [0.5, 0.6) is 5.75 Å². The smallest absolute Gasteiger partial charge is 0.306 e. The number of benzene rings is 1. The molecule has 0 saturated carbocycles. The third-order valence-corrected chi connectivity index (χ3v) is 6.74. The van der Waals surface area contributed by atoms with Crippen molar-refractivity contribution in [3.8, 4) is 17.9 Å². The Labute approximate surface area is 207 Å². The molecule has 1 aromatic heterocycles. The molecule has 1 unspecified atom stereocenters. The van der Waals surface area contributed by atoms with Crippen molar-refractivity contribution < 1.29 is 22.0 Å². The van der Waals surface area contributed by atoms with Gasteiger partial charge in [0, 0.05) is 14.1 Å². The monoisotopic (exact) mass is 537 g/mol. The van der Waals surface area contributed by atoms with Crippen LogP contribution in [0.25, 0.3) is 0 Å². The van der Waals surface area contributed by atoms with Gasteiger partial charge in [-0.1, -0.05) is 30.8 Å². The van der Waals surface area contributed by atoms with Gasteiger partial charge in [-0.15, -0.1) is 0 Å². The summed E-state index contributed by atoms with van der Waals surface area (Å²) < 4.78 is 39.5. The van der Waals surface area contributed by atoms with Crippen molar-refractivity contribution in [2.75, 3.05) is 25.3 Å². The van der Waals surface area contributed by atoms with Gasteiger partial charge in [0.2, 0.25) is 5.91 Å². The second kappa shape index (κ2) is 11.1. The van der Waals surface area contributed by atoms with E-state index in [2.05, 4.69) is 22.2 Å². The molecule has 1 amide bonds. The predicted molar refractivity (Wildman–Crippen MR) is 132 cm³/mol. The number of hydrogen-bond donors (Lipinski definition) is 3. The highest BCUT2D eigenvalue weighted by atomic mass is 32.2. The Bertz CT molecular complexity index is 1360. The van der Waals surface area contributed by atoms with Gasteiger partial charge in [0.15, 0.2) is 0 Å². The number of nitrogens with two attached hydrogens (primary N) is 2. The molecule has 0 bridgehead atoms. The first-order valence-electron chi connectivity index (χ1n) is 9.90. The summed E-state index contributed by atoms with van der Waals surface area (Å²) in [6, 6.07) is 9.67. The zero-order valence-electron chi connectivity index (χ0n) is 19.3. The zero-order valence-corrected chi connectivity index (χ0v) is 21.9. The molecule has 2 aromatic rings. The number of nitrogens with zero attached hydrogens (tertiary/aromatic N) is 4. The zero-order chi connectivity index (χ0) is 26.6. The Morgan fingerprint density at radius 2 is 1.80 bits per heavy atom. The average Bonchev–Trinajstić information content (AvgIpc) is 2.74. The summed E-state index contributed by atoms with van der Waals surface area (Å²) >= 11 is 0.868. The Morgan fingerprint density at radius 3 is 2.23 bits per heavy atom. The summed E-state index contributed by atoms with van der Waals surface area (Å²) in [6.07, 6.45) is 1.25. The van der Waals surface area contributed by atoms with Crippen LogP contribution in [0, 0.1) is 22.7 Å². The minimum Gasteiger partial charge on any atom is -0.383 e. The third kappa shape index (κ3) is 7.42. The van der Waals surface area contributed by atoms with Crippen LogP contribution in [0.1, 0.15) is 34.4 Å². The Kier molecular flexibility index (Phi) is 8.89. The molecule has 1 atom stereocenters. The Hall–Kier alpha value is -3.13. The summed E-state index contributed by atoms with van der Waals surface area (Å²) in [5, 5.41) is 20.6. The quantitative estimate of drug-likeness (QED) is 0.238. The number of aromatic nitrogens is 1. The van der Waals surface area contributed by atoms with Gasteiger partial charge in [-0.2, -0.15) is 18.9 Å². The first kappa shape index (κ1) is 28.1. The van der Waals surface area contributed by atoms with Gasteiger partial charge in [-0.3, -0.25) is 25.5 Å². The van der Waals surface area contributed by atoms with E-state index in [1.54, 1.807) is 25.9 Å². The standard InChI is InChI=1S/C20H24N7O5PS2/c1-5-14-15(10-21)18(27(2)3)25-20(16(14)11-22)34-17(19(28)26-33(23,24)29)12-6-8-13(9-7-12)32-35(4,30)31/h6-9,17H,5H2,1-4H3,(H5,23,24,26,28,29). The highest BCUT2D eigenvalue weighted by Gasteiger charge is 2.29. The molecule has 1 aromatic carbocycles. The fraction of sp³-hybridized carbons (Fsp3) is 0.300. The van der Waals surface area contributed by atoms with Crippen LogP contribution in [0.3, 0.4) is 0 Å². The molecule has 0 radical (unpaired) electrons. The fourth-order valence-corrected chi connectivity index (χ4v) is 5.21. The third-order valence-electron chi connectivity index (χ3n) is 4.43. The topological polar surface area (TPSA) is 205 Å². The number of rotatable bonds is 9. The minimum absolute atomic E-state index is 0.0149. The maximum atomic E-state index is 13.0. The van der Waals surface area contributed by atoms with E-state index in [0.29, 0.717) is 23.4 Å². The molecule has 0 saturated heterocycles. The van der Waals surface area contributed by atoms with Crippen LogP contribution < -0.4 is 25.2 Å². The van der Waals surface area contributed by atoms with E-state index in [4.69, 9.17) is 15.2 Å². The van der Waals surface area contributed by atoms with Gasteiger partial charge in [-0.25, -0.2) is 4.98 Å². The number of thioether (sulfide) groups is 1. The summed E-state index contributed by atoms with van der Waals surface area (Å²) in [5.41, 5.74) is 11.8. The van der Waals surface area contributed by atoms with Gasteiger partial charge in [0.1, 0.15) is 34.0 Å². The maximum absolute atomic E-state index is 13.0. The van der Waals surface area contributed by atoms with Gasteiger partial charge in [-0.05, 0) is 29.7 Å². The first-order valence-corrected chi connectivity index (χ1v) is 14.4. The minimum atomic E-state index is -3.96. The number of carbonyl (C=O) groups is 1. The van der Waals surface area contributed by atoms with Crippen molar-refractivity contribution >= 4 is 41.2 Å². The summed E-state index contributed by atoms with van der Waals surface area (Å²) in [6.45, 7) is 1.79. The lowest BCUT2D eigenvalue weighted by atomic mass is 10.0. The van der Waals surface area contributed by atoms with Gasteiger partial charge in [0.25, 0.3) is 7.59 Å². The molecule has 0 fully saturated rings. The van der Waals surface area contributed by atoms with Crippen molar-refractivity contribution in [2.24, 2.45) is 11.0 Å². The number of hydrogen-bond acceptors (Lipinski definition) is 10. The van der Waals surface area contributed by atoms with Crippen molar-refractivity contribution in [2.45, 2.75) is 23.6 Å². The fourth-order valence-electron chi connectivity index (χ4n) is 3.08. The molecular formula is C20H24N7O5PS2. The van der Waals surface area contributed by atoms with Crippen LogP contribution in [0.4, 0.5) is 5.82 Å². The van der Waals surface area contributed by atoms with Gasteiger partial charge < -0.3 is 9.08 Å². The van der Waals surface area contributed by atoms with Gasteiger partial charge >= 0.3 is 10.1 Å². The molecule has 0 aliphatic rings. The molecule has 0 spiro atoms. The SMILES string of the molecule is CCc1c(C#N)c(SC(C(=O)NP(N)(N)=O)c2ccc(OS(C)(=O)=O)cc2)nc(N(C)C)c1C#N. The molecule has 186 valence electrons. The summed E-state index contributed by atoms with van der Waals surface area (Å²) in [4.78, 5) is 19.1. The summed E-state index contributed by atoms with van der Waals surface area (Å²) in [7, 11) is -4.36.